The Hall–Kier alpha value is -2.07. The number of rotatable bonds is 6. The number of phenolic OH excluding ortho intramolecular Hbond substituents is 1. The van der Waals surface area contributed by atoms with Crippen molar-refractivity contribution in [2.45, 2.75) is 13.2 Å². The lowest BCUT2D eigenvalue weighted by atomic mass is 10.2. The second kappa shape index (κ2) is 8.54. The lowest BCUT2D eigenvalue weighted by Crippen LogP contribution is -2.00. The summed E-state index contributed by atoms with van der Waals surface area (Å²) < 4.78 is 5.77. The van der Waals surface area contributed by atoms with E-state index in [-0.39, 0.29) is 15.8 Å². The van der Waals surface area contributed by atoms with E-state index >= 15 is 0 Å². The highest BCUT2D eigenvalue weighted by molar-refractivity contribution is 6.37. The van der Waals surface area contributed by atoms with Crippen molar-refractivity contribution < 1.29 is 9.84 Å². The minimum Gasteiger partial charge on any atom is -0.505 e. The largest absolute Gasteiger partial charge is 0.505 e. The molecule has 0 saturated heterocycles. The molecule has 0 aliphatic heterocycles. The third-order valence-electron chi connectivity index (χ3n) is 3.75. The fraction of sp³-hybridized carbons (Fsp3) is 0.100. The first-order valence-corrected chi connectivity index (χ1v) is 9.03. The Balaban J connectivity index is 1.62. The van der Waals surface area contributed by atoms with E-state index in [2.05, 4.69) is 5.32 Å². The van der Waals surface area contributed by atoms with Crippen LogP contribution in [0.15, 0.2) is 60.7 Å². The average Bonchev–Trinajstić information content (AvgIpc) is 2.64. The summed E-state index contributed by atoms with van der Waals surface area (Å²) in [6.07, 6.45) is 0. The van der Waals surface area contributed by atoms with Crippen LogP contribution in [-0.4, -0.2) is 5.11 Å². The maximum Gasteiger partial charge on any atom is 0.152 e. The van der Waals surface area contributed by atoms with Crippen molar-refractivity contribution in [3.05, 3.63) is 86.9 Å². The molecule has 26 heavy (non-hydrogen) atoms. The second-order valence-corrected chi connectivity index (χ2v) is 6.90. The predicted octanol–water partition coefficient (Wildman–Crippen LogP) is 6.54. The number of phenols is 1. The van der Waals surface area contributed by atoms with Crippen LogP contribution in [0.25, 0.3) is 0 Å². The van der Waals surface area contributed by atoms with Gasteiger partial charge in [0.2, 0.25) is 0 Å². The van der Waals surface area contributed by atoms with Crippen LogP contribution in [0.5, 0.6) is 11.5 Å². The Morgan fingerprint density at radius 3 is 2.15 bits per heavy atom. The number of hydrogen-bond acceptors (Lipinski definition) is 3. The second-order valence-electron chi connectivity index (χ2n) is 5.68. The van der Waals surface area contributed by atoms with E-state index in [9.17, 15) is 5.11 Å². The van der Waals surface area contributed by atoms with Crippen molar-refractivity contribution in [3.8, 4) is 11.5 Å². The van der Waals surface area contributed by atoms with Gasteiger partial charge in [0.15, 0.2) is 5.75 Å². The SMILES string of the molecule is Oc1c(Cl)cc(NCc2ccc(OCc3ccccc3)c(Cl)c2)cc1Cl. The summed E-state index contributed by atoms with van der Waals surface area (Å²) in [6, 6.07) is 18.8. The zero-order valence-corrected chi connectivity index (χ0v) is 15.9. The molecule has 0 radical (unpaired) electrons. The van der Waals surface area contributed by atoms with Crippen molar-refractivity contribution in [1.82, 2.24) is 0 Å². The molecule has 3 rings (SSSR count). The average molecular weight is 409 g/mol. The molecule has 3 aromatic rings. The lowest BCUT2D eigenvalue weighted by molar-refractivity contribution is 0.306. The van der Waals surface area contributed by atoms with Gasteiger partial charge < -0.3 is 15.2 Å². The first kappa shape index (κ1) is 18.7. The molecule has 3 nitrogen and oxygen atoms in total. The van der Waals surface area contributed by atoms with Crippen molar-refractivity contribution in [2.24, 2.45) is 0 Å². The minimum absolute atomic E-state index is 0.123. The summed E-state index contributed by atoms with van der Waals surface area (Å²) in [4.78, 5) is 0. The monoisotopic (exact) mass is 407 g/mol. The predicted molar refractivity (Wildman–Crippen MR) is 108 cm³/mol. The quantitative estimate of drug-likeness (QED) is 0.455. The van der Waals surface area contributed by atoms with Crippen LogP contribution in [0.3, 0.4) is 0 Å². The Bertz CT molecular complexity index is 878. The van der Waals surface area contributed by atoms with Gasteiger partial charge in [0.05, 0.1) is 15.1 Å². The molecule has 0 saturated carbocycles. The number of halogens is 3. The molecule has 3 aromatic carbocycles. The van der Waals surface area contributed by atoms with Crippen molar-refractivity contribution >= 4 is 40.5 Å². The molecule has 0 aliphatic rings. The molecule has 6 heteroatoms. The van der Waals surface area contributed by atoms with Crippen LogP contribution >= 0.6 is 34.8 Å². The van der Waals surface area contributed by atoms with Gasteiger partial charge in [0, 0.05) is 12.2 Å². The van der Waals surface area contributed by atoms with E-state index in [0.29, 0.717) is 29.6 Å². The summed E-state index contributed by atoms with van der Waals surface area (Å²) >= 11 is 18.2. The van der Waals surface area contributed by atoms with E-state index in [0.717, 1.165) is 11.1 Å². The number of hydrogen-bond donors (Lipinski definition) is 2. The van der Waals surface area contributed by atoms with Crippen LogP contribution in [0.1, 0.15) is 11.1 Å². The van der Waals surface area contributed by atoms with Gasteiger partial charge in [-0.2, -0.15) is 0 Å². The fourth-order valence-electron chi connectivity index (χ4n) is 2.38. The van der Waals surface area contributed by atoms with Gasteiger partial charge in [-0.05, 0) is 35.4 Å². The van der Waals surface area contributed by atoms with Crippen LogP contribution in [0.2, 0.25) is 15.1 Å². The van der Waals surface area contributed by atoms with E-state index < -0.39 is 0 Å². The molecule has 0 amide bonds. The Morgan fingerprint density at radius 2 is 1.50 bits per heavy atom. The normalized spacial score (nSPS) is 10.6. The maximum atomic E-state index is 9.59. The van der Waals surface area contributed by atoms with Crippen LogP contribution < -0.4 is 10.1 Å². The highest BCUT2D eigenvalue weighted by atomic mass is 35.5. The molecule has 0 fully saturated rings. The number of nitrogens with one attached hydrogen (secondary N) is 1. The smallest absolute Gasteiger partial charge is 0.152 e. The Kier molecular flexibility index (Phi) is 6.15. The highest BCUT2D eigenvalue weighted by Crippen LogP contribution is 2.35. The molecule has 0 heterocycles. The first-order valence-electron chi connectivity index (χ1n) is 7.90. The van der Waals surface area contributed by atoms with Gasteiger partial charge in [0.25, 0.3) is 0 Å². The summed E-state index contributed by atoms with van der Waals surface area (Å²) in [6.45, 7) is 0.985. The molecular weight excluding hydrogens is 393 g/mol. The molecular formula is C20H16Cl3NO2. The molecule has 0 atom stereocenters. The third kappa shape index (κ3) is 4.76. The van der Waals surface area contributed by atoms with Gasteiger partial charge in [-0.25, -0.2) is 0 Å². The Labute approximate surface area is 167 Å². The summed E-state index contributed by atoms with van der Waals surface area (Å²) in [7, 11) is 0. The third-order valence-corrected chi connectivity index (χ3v) is 4.62. The maximum absolute atomic E-state index is 9.59. The van der Waals surface area contributed by atoms with Gasteiger partial charge in [-0.3, -0.25) is 0 Å². The molecule has 0 aliphatic carbocycles. The van der Waals surface area contributed by atoms with Crippen molar-refractivity contribution in [2.75, 3.05) is 5.32 Å². The van der Waals surface area contributed by atoms with Crippen molar-refractivity contribution in [3.63, 3.8) is 0 Å². The first-order chi connectivity index (χ1) is 12.5. The standard InChI is InChI=1S/C20H16Cl3NO2/c21-16-8-14(11-24-15-9-17(22)20(25)18(23)10-15)6-7-19(16)26-12-13-4-2-1-3-5-13/h1-10,24-25H,11-12H2. The molecule has 2 N–H and O–H groups in total. The van der Waals surface area contributed by atoms with Gasteiger partial charge in [-0.15, -0.1) is 0 Å². The van der Waals surface area contributed by atoms with Crippen LogP contribution in [0, 0.1) is 0 Å². The van der Waals surface area contributed by atoms with Crippen molar-refractivity contribution in [1.29, 1.82) is 0 Å². The Morgan fingerprint density at radius 1 is 0.808 bits per heavy atom. The van der Waals surface area contributed by atoms with Gasteiger partial charge >= 0.3 is 0 Å². The lowest BCUT2D eigenvalue weighted by Gasteiger charge is -2.12. The summed E-state index contributed by atoms with van der Waals surface area (Å²) in [5.41, 5.74) is 2.76. The minimum atomic E-state index is -0.123. The molecule has 0 unspecified atom stereocenters. The number of aromatic hydroxyl groups is 1. The number of benzene rings is 3. The molecule has 0 spiro atoms. The van der Waals surface area contributed by atoms with Crippen LogP contribution in [0.4, 0.5) is 5.69 Å². The van der Waals surface area contributed by atoms with Gasteiger partial charge in [0.1, 0.15) is 12.4 Å². The zero-order chi connectivity index (χ0) is 18.5. The zero-order valence-electron chi connectivity index (χ0n) is 13.7. The summed E-state index contributed by atoms with van der Waals surface area (Å²) in [5.74, 6) is 0.511. The molecule has 134 valence electrons. The van der Waals surface area contributed by atoms with Gasteiger partial charge in [-0.1, -0.05) is 71.2 Å². The van der Waals surface area contributed by atoms with E-state index in [1.54, 1.807) is 12.1 Å². The summed E-state index contributed by atoms with van der Waals surface area (Å²) in [5, 5.41) is 13.7. The molecule has 0 aromatic heterocycles. The number of ether oxygens (including phenoxy) is 1. The number of anilines is 1. The highest BCUT2D eigenvalue weighted by Gasteiger charge is 2.08. The molecule has 0 bridgehead atoms. The topological polar surface area (TPSA) is 41.5 Å². The van der Waals surface area contributed by atoms with E-state index in [1.807, 2.05) is 48.5 Å². The van der Waals surface area contributed by atoms with E-state index in [4.69, 9.17) is 39.5 Å². The van der Waals surface area contributed by atoms with E-state index in [1.165, 1.54) is 0 Å². The van der Waals surface area contributed by atoms with Crippen LogP contribution in [-0.2, 0) is 13.2 Å². The fourth-order valence-corrected chi connectivity index (χ4v) is 3.12.